The van der Waals surface area contributed by atoms with Gasteiger partial charge >= 0.3 is 0 Å². The molecule has 0 aliphatic heterocycles. The molecule has 1 heterocycles. The van der Waals surface area contributed by atoms with E-state index in [1.165, 1.54) is 0 Å². The van der Waals surface area contributed by atoms with E-state index >= 15 is 0 Å². The van der Waals surface area contributed by atoms with Crippen molar-refractivity contribution in [3.8, 4) is 0 Å². The second-order valence-electron chi connectivity index (χ2n) is 5.25. The number of carbonyl (C=O) groups excluding carboxylic acids is 1. The van der Waals surface area contributed by atoms with Crippen molar-refractivity contribution >= 4 is 11.7 Å². The van der Waals surface area contributed by atoms with E-state index < -0.39 is 0 Å². The van der Waals surface area contributed by atoms with Crippen molar-refractivity contribution in [2.24, 2.45) is 5.92 Å². The molecule has 4 nitrogen and oxygen atoms in total. The van der Waals surface area contributed by atoms with E-state index in [0.717, 1.165) is 37.4 Å². The largest absolute Gasteiger partial charge is 0.370 e. The third-order valence-electron chi connectivity index (χ3n) is 2.78. The standard InChI is InChI=1S/C15H25N3O/c1-5-7-16-14-10-13(9-12(4)18-14)15(19)17-8-6-11(2)3/h9-11H,5-8H2,1-4H3,(H,16,18)(H,17,19). The Kier molecular flexibility index (Phi) is 6.33. The highest BCUT2D eigenvalue weighted by Gasteiger charge is 2.08. The normalized spacial score (nSPS) is 10.6. The predicted octanol–water partition coefficient (Wildman–Crippen LogP) is 2.99. The molecule has 1 rings (SSSR count). The maximum Gasteiger partial charge on any atom is 0.251 e. The van der Waals surface area contributed by atoms with Crippen LogP contribution < -0.4 is 10.6 Å². The molecule has 1 aromatic heterocycles. The number of nitrogens with zero attached hydrogens (tertiary/aromatic N) is 1. The predicted molar refractivity (Wildman–Crippen MR) is 79.5 cm³/mol. The van der Waals surface area contributed by atoms with E-state index in [2.05, 4.69) is 36.4 Å². The molecule has 0 unspecified atom stereocenters. The van der Waals surface area contributed by atoms with Crippen LogP contribution in [0.1, 0.15) is 49.7 Å². The van der Waals surface area contributed by atoms with Crippen LogP contribution >= 0.6 is 0 Å². The zero-order valence-electron chi connectivity index (χ0n) is 12.4. The van der Waals surface area contributed by atoms with Gasteiger partial charge in [-0.05, 0) is 37.8 Å². The third kappa shape index (κ3) is 5.73. The van der Waals surface area contributed by atoms with Crippen LogP contribution in [0.4, 0.5) is 5.82 Å². The summed E-state index contributed by atoms with van der Waals surface area (Å²) in [5.74, 6) is 1.35. The van der Waals surface area contributed by atoms with Gasteiger partial charge in [-0.15, -0.1) is 0 Å². The second-order valence-corrected chi connectivity index (χ2v) is 5.25. The molecule has 0 bridgehead atoms. The van der Waals surface area contributed by atoms with Gasteiger partial charge < -0.3 is 10.6 Å². The number of hydrogen-bond acceptors (Lipinski definition) is 3. The lowest BCUT2D eigenvalue weighted by Crippen LogP contribution is -2.25. The number of pyridine rings is 1. The van der Waals surface area contributed by atoms with Gasteiger partial charge in [0.05, 0.1) is 0 Å². The van der Waals surface area contributed by atoms with Gasteiger partial charge in [0.2, 0.25) is 0 Å². The molecule has 0 aliphatic carbocycles. The molecule has 0 fully saturated rings. The Morgan fingerprint density at radius 3 is 2.68 bits per heavy atom. The molecule has 0 saturated heterocycles. The Balaban J connectivity index is 2.65. The summed E-state index contributed by atoms with van der Waals surface area (Å²) in [6, 6.07) is 3.63. The number of nitrogens with one attached hydrogen (secondary N) is 2. The smallest absolute Gasteiger partial charge is 0.251 e. The van der Waals surface area contributed by atoms with Crippen LogP contribution in [-0.4, -0.2) is 24.0 Å². The zero-order chi connectivity index (χ0) is 14.3. The van der Waals surface area contributed by atoms with Crippen LogP contribution in [0.2, 0.25) is 0 Å². The van der Waals surface area contributed by atoms with E-state index in [4.69, 9.17) is 0 Å². The Bertz CT molecular complexity index is 416. The molecule has 1 aromatic rings. The lowest BCUT2D eigenvalue weighted by Gasteiger charge is -2.10. The molecule has 0 aromatic carbocycles. The fraction of sp³-hybridized carbons (Fsp3) is 0.600. The Hall–Kier alpha value is -1.58. The van der Waals surface area contributed by atoms with Gasteiger partial charge in [0.1, 0.15) is 5.82 Å². The fourth-order valence-electron chi connectivity index (χ4n) is 1.72. The first-order valence-electron chi connectivity index (χ1n) is 7.03. The molecule has 106 valence electrons. The zero-order valence-corrected chi connectivity index (χ0v) is 12.4. The van der Waals surface area contributed by atoms with Gasteiger partial charge in [-0.3, -0.25) is 4.79 Å². The highest BCUT2D eigenvalue weighted by atomic mass is 16.1. The number of aryl methyl sites for hydroxylation is 1. The summed E-state index contributed by atoms with van der Waals surface area (Å²) in [5.41, 5.74) is 1.53. The summed E-state index contributed by atoms with van der Waals surface area (Å²) in [5, 5.41) is 6.16. The monoisotopic (exact) mass is 263 g/mol. The minimum Gasteiger partial charge on any atom is -0.370 e. The maximum absolute atomic E-state index is 12.0. The first-order valence-corrected chi connectivity index (χ1v) is 7.03. The highest BCUT2D eigenvalue weighted by molar-refractivity contribution is 5.94. The van der Waals surface area contributed by atoms with Crippen LogP contribution in [-0.2, 0) is 0 Å². The summed E-state index contributed by atoms with van der Waals surface area (Å²) in [6.45, 7) is 9.88. The van der Waals surface area contributed by atoms with E-state index in [9.17, 15) is 4.79 Å². The number of hydrogen-bond donors (Lipinski definition) is 2. The second kappa shape index (κ2) is 7.77. The Morgan fingerprint density at radius 2 is 2.05 bits per heavy atom. The summed E-state index contributed by atoms with van der Waals surface area (Å²) in [4.78, 5) is 16.4. The molecule has 0 radical (unpaired) electrons. The molecule has 0 spiro atoms. The number of amides is 1. The molecular weight excluding hydrogens is 238 g/mol. The maximum atomic E-state index is 12.0. The van der Waals surface area contributed by atoms with Crippen molar-refractivity contribution in [2.45, 2.75) is 40.5 Å². The van der Waals surface area contributed by atoms with Crippen LogP contribution in [0, 0.1) is 12.8 Å². The van der Waals surface area contributed by atoms with Gasteiger partial charge in [-0.2, -0.15) is 0 Å². The fourth-order valence-corrected chi connectivity index (χ4v) is 1.72. The molecule has 2 N–H and O–H groups in total. The summed E-state index contributed by atoms with van der Waals surface area (Å²) >= 11 is 0. The van der Waals surface area contributed by atoms with Gasteiger partial charge in [0.15, 0.2) is 0 Å². The van der Waals surface area contributed by atoms with Gasteiger partial charge in [-0.1, -0.05) is 20.8 Å². The molecule has 4 heteroatoms. The third-order valence-corrected chi connectivity index (χ3v) is 2.78. The minimum atomic E-state index is -0.0225. The quantitative estimate of drug-likeness (QED) is 0.795. The van der Waals surface area contributed by atoms with Crippen molar-refractivity contribution in [3.05, 3.63) is 23.4 Å². The van der Waals surface area contributed by atoms with Gasteiger partial charge in [0.25, 0.3) is 5.91 Å². The van der Waals surface area contributed by atoms with Gasteiger partial charge in [0, 0.05) is 24.3 Å². The topological polar surface area (TPSA) is 54.0 Å². The average molecular weight is 263 g/mol. The van der Waals surface area contributed by atoms with Crippen LogP contribution in [0.25, 0.3) is 0 Å². The van der Waals surface area contributed by atoms with Crippen molar-refractivity contribution in [1.29, 1.82) is 0 Å². The van der Waals surface area contributed by atoms with Crippen LogP contribution in [0.15, 0.2) is 12.1 Å². The highest BCUT2D eigenvalue weighted by Crippen LogP contribution is 2.10. The molecular formula is C15H25N3O. The molecule has 0 saturated carbocycles. The summed E-state index contributed by atoms with van der Waals surface area (Å²) in [6.07, 6.45) is 2.03. The SMILES string of the molecule is CCCNc1cc(C(=O)NCCC(C)C)cc(C)n1. The number of anilines is 1. The number of rotatable bonds is 7. The van der Waals surface area contributed by atoms with Crippen molar-refractivity contribution < 1.29 is 4.79 Å². The summed E-state index contributed by atoms with van der Waals surface area (Å²) in [7, 11) is 0. The van der Waals surface area contributed by atoms with Crippen molar-refractivity contribution in [1.82, 2.24) is 10.3 Å². The Labute approximate surface area is 116 Å². The Morgan fingerprint density at radius 1 is 1.32 bits per heavy atom. The molecule has 0 atom stereocenters. The van der Waals surface area contributed by atoms with Crippen LogP contribution in [0.5, 0.6) is 0 Å². The number of aromatic nitrogens is 1. The first kappa shape index (κ1) is 15.5. The van der Waals surface area contributed by atoms with E-state index in [1.807, 2.05) is 19.1 Å². The van der Waals surface area contributed by atoms with Gasteiger partial charge in [-0.25, -0.2) is 4.98 Å². The van der Waals surface area contributed by atoms with Crippen molar-refractivity contribution in [2.75, 3.05) is 18.4 Å². The van der Waals surface area contributed by atoms with Crippen LogP contribution in [0.3, 0.4) is 0 Å². The molecule has 0 aliphatic rings. The minimum absolute atomic E-state index is 0.0225. The average Bonchev–Trinajstić information content (AvgIpc) is 2.35. The molecule has 1 amide bonds. The van der Waals surface area contributed by atoms with E-state index in [0.29, 0.717) is 11.5 Å². The first-order chi connectivity index (χ1) is 9.02. The van der Waals surface area contributed by atoms with E-state index in [-0.39, 0.29) is 5.91 Å². The van der Waals surface area contributed by atoms with E-state index in [1.54, 1.807) is 0 Å². The lowest BCUT2D eigenvalue weighted by atomic mass is 10.1. The molecule has 19 heavy (non-hydrogen) atoms. The lowest BCUT2D eigenvalue weighted by molar-refractivity contribution is 0.0952. The summed E-state index contributed by atoms with van der Waals surface area (Å²) < 4.78 is 0. The number of carbonyl (C=O) groups is 1. The van der Waals surface area contributed by atoms with Crippen molar-refractivity contribution in [3.63, 3.8) is 0 Å².